The summed E-state index contributed by atoms with van der Waals surface area (Å²) < 4.78 is 22.2. The van der Waals surface area contributed by atoms with E-state index >= 15 is 0 Å². The molecule has 4 nitrogen and oxygen atoms in total. The van der Waals surface area contributed by atoms with Crippen LogP contribution >= 0.6 is 0 Å². The molecule has 0 aliphatic carbocycles. The molecule has 0 atom stereocenters. The van der Waals surface area contributed by atoms with Gasteiger partial charge in [-0.15, -0.1) is 0 Å². The van der Waals surface area contributed by atoms with Gasteiger partial charge in [0, 0.05) is 13.8 Å². The highest BCUT2D eigenvalue weighted by Gasteiger charge is 2.10. The van der Waals surface area contributed by atoms with Crippen molar-refractivity contribution in [1.29, 1.82) is 0 Å². The molecule has 0 saturated heterocycles. The summed E-state index contributed by atoms with van der Waals surface area (Å²) in [6.45, 7) is 2.42. The van der Waals surface area contributed by atoms with Gasteiger partial charge in [-0.3, -0.25) is 9.59 Å². The predicted octanol–water partition coefficient (Wildman–Crippen LogP) is 2.29. The molecule has 96 valence electrons. The minimum atomic E-state index is -1.08. The van der Waals surface area contributed by atoms with E-state index in [1.807, 2.05) is 0 Å². The number of benzene rings is 1. The third kappa shape index (κ3) is 5.25. The molecule has 0 radical (unpaired) electrons. The smallest absolute Gasteiger partial charge is 0.305 e. The van der Waals surface area contributed by atoms with Crippen molar-refractivity contribution in [2.75, 3.05) is 0 Å². The second-order valence-electron chi connectivity index (χ2n) is 3.50. The van der Waals surface area contributed by atoms with Crippen LogP contribution in [0.25, 0.3) is 6.08 Å². The molecule has 1 rings (SSSR count). The normalized spacial score (nSPS) is 10.7. The van der Waals surface area contributed by atoms with Gasteiger partial charge in [0.15, 0.2) is 0 Å². The van der Waals surface area contributed by atoms with Crippen LogP contribution in [0.1, 0.15) is 19.4 Å². The fourth-order valence-corrected chi connectivity index (χ4v) is 1.19. The topological polar surface area (TPSA) is 52.6 Å². The summed E-state index contributed by atoms with van der Waals surface area (Å²) in [5, 5.41) is 0. The highest BCUT2D eigenvalue weighted by atomic mass is 19.1. The first kappa shape index (κ1) is 13.9. The largest absolute Gasteiger partial charge is 0.421 e. The standard InChI is InChI=1S/C13H13FO4/c1-9(15)17-13(18-10(2)16)8-5-11-3-6-12(14)7-4-11/h3-8,13H,1-2H3/b8-5+. The third-order valence-corrected chi connectivity index (χ3v) is 1.88. The lowest BCUT2D eigenvalue weighted by Crippen LogP contribution is -2.19. The molecule has 0 aliphatic rings. The van der Waals surface area contributed by atoms with Gasteiger partial charge in [0.1, 0.15) is 5.82 Å². The van der Waals surface area contributed by atoms with Crippen molar-refractivity contribution in [3.8, 4) is 0 Å². The summed E-state index contributed by atoms with van der Waals surface area (Å²) in [5.41, 5.74) is 0.695. The van der Waals surface area contributed by atoms with Crippen LogP contribution in [-0.4, -0.2) is 18.2 Å². The lowest BCUT2D eigenvalue weighted by atomic mass is 10.2. The highest BCUT2D eigenvalue weighted by Crippen LogP contribution is 2.07. The van der Waals surface area contributed by atoms with E-state index in [4.69, 9.17) is 9.47 Å². The molecule has 0 aromatic heterocycles. The molecule has 0 spiro atoms. The monoisotopic (exact) mass is 252 g/mol. The second-order valence-corrected chi connectivity index (χ2v) is 3.50. The molecular weight excluding hydrogens is 239 g/mol. The number of hydrogen-bond donors (Lipinski definition) is 0. The molecule has 0 unspecified atom stereocenters. The quantitative estimate of drug-likeness (QED) is 0.609. The number of halogens is 1. The number of hydrogen-bond acceptors (Lipinski definition) is 4. The summed E-state index contributed by atoms with van der Waals surface area (Å²) >= 11 is 0. The zero-order chi connectivity index (χ0) is 13.5. The highest BCUT2D eigenvalue weighted by molar-refractivity contribution is 5.68. The number of esters is 2. The molecule has 0 fully saturated rings. The van der Waals surface area contributed by atoms with E-state index in [1.54, 1.807) is 18.2 Å². The molecule has 0 amide bonds. The van der Waals surface area contributed by atoms with Gasteiger partial charge in [0.2, 0.25) is 0 Å². The Bertz CT molecular complexity index is 435. The Labute approximate surface area is 104 Å². The first-order valence-corrected chi connectivity index (χ1v) is 5.25. The summed E-state index contributed by atoms with van der Waals surface area (Å²) in [7, 11) is 0. The second kappa shape index (κ2) is 6.54. The number of rotatable bonds is 4. The number of ether oxygens (including phenoxy) is 2. The van der Waals surface area contributed by atoms with Gasteiger partial charge in [-0.1, -0.05) is 18.2 Å². The summed E-state index contributed by atoms with van der Waals surface area (Å²) in [6.07, 6.45) is 1.89. The molecule has 18 heavy (non-hydrogen) atoms. The lowest BCUT2D eigenvalue weighted by molar-refractivity contribution is -0.176. The van der Waals surface area contributed by atoms with Crippen molar-refractivity contribution in [1.82, 2.24) is 0 Å². The molecular formula is C13H13FO4. The van der Waals surface area contributed by atoms with Gasteiger partial charge < -0.3 is 9.47 Å². The zero-order valence-corrected chi connectivity index (χ0v) is 10.1. The van der Waals surface area contributed by atoms with Crippen molar-refractivity contribution in [3.63, 3.8) is 0 Å². The molecule has 0 saturated carbocycles. The average Bonchev–Trinajstić information content (AvgIpc) is 2.26. The van der Waals surface area contributed by atoms with Crippen molar-refractivity contribution in [2.24, 2.45) is 0 Å². The Kier molecular flexibility index (Phi) is 5.05. The Hall–Kier alpha value is -2.17. The maximum Gasteiger partial charge on any atom is 0.305 e. The van der Waals surface area contributed by atoms with Crippen LogP contribution in [0.5, 0.6) is 0 Å². The first-order chi connectivity index (χ1) is 8.47. The van der Waals surface area contributed by atoms with Gasteiger partial charge in [0.05, 0.1) is 0 Å². The number of carbonyl (C=O) groups excluding carboxylic acids is 2. The summed E-state index contributed by atoms with van der Waals surface area (Å²) in [5.74, 6) is -1.47. The Morgan fingerprint density at radius 2 is 1.61 bits per heavy atom. The molecule has 0 bridgehead atoms. The average molecular weight is 252 g/mol. The Morgan fingerprint density at radius 1 is 1.11 bits per heavy atom. The van der Waals surface area contributed by atoms with E-state index in [0.717, 1.165) is 0 Å². The molecule has 0 aliphatic heterocycles. The molecule has 1 aromatic rings. The Morgan fingerprint density at radius 3 is 2.06 bits per heavy atom. The van der Waals surface area contributed by atoms with Crippen molar-refractivity contribution in [3.05, 3.63) is 41.7 Å². The van der Waals surface area contributed by atoms with Gasteiger partial charge in [0.25, 0.3) is 6.29 Å². The van der Waals surface area contributed by atoms with Crippen LogP contribution in [0.2, 0.25) is 0 Å². The van der Waals surface area contributed by atoms with Crippen molar-refractivity contribution in [2.45, 2.75) is 20.1 Å². The molecule has 1 aromatic carbocycles. The van der Waals surface area contributed by atoms with Crippen molar-refractivity contribution >= 4 is 18.0 Å². The van der Waals surface area contributed by atoms with E-state index in [9.17, 15) is 14.0 Å². The van der Waals surface area contributed by atoms with Crippen LogP contribution in [0.4, 0.5) is 4.39 Å². The van der Waals surface area contributed by atoms with Crippen LogP contribution in [0.3, 0.4) is 0 Å². The lowest BCUT2D eigenvalue weighted by Gasteiger charge is -2.12. The zero-order valence-electron chi connectivity index (χ0n) is 10.1. The van der Waals surface area contributed by atoms with Gasteiger partial charge >= 0.3 is 11.9 Å². The van der Waals surface area contributed by atoms with Gasteiger partial charge in [-0.2, -0.15) is 0 Å². The van der Waals surface area contributed by atoms with Crippen LogP contribution < -0.4 is 0 Å². The summed E-state index contributed by atoms with van der Waals surface area (Å²) in [6, 6.07) is 5.69. The maximum atomic E-state index is 12.7. The molecule has 0 N–H and O–H groups in total. The van der Waals surface area contributed by atoms with E-state index in [1.165, 1.54) is 32.1 Å². The van der Waals surface area contributed by atoms with Crippen molar-refractivity contribution < 1.29 is 23.5 Å². The fraction of sp³-hybridized carbons (Fsp3) is 0.231. The van der Waals surface area contributed by atoms with E-state index < -0.39 is 18.2 Å². The molecule has 0 heterocycles. The number of carbonyl (C=O) groups is 2. The van der Waals surface area contributed by atoms with Gasteiger partial charge in [-0.25, -0.2) is 4.39 Å². The fourth-order valence-electron chi connectivity index (χ4n) is 1.19. The minimum Gasteiger partial charge on any atom is -0.421 e. The van der Waals surface area contributed by atoms with Gasteiger partial charge in [-0.05, 0) is 23.8 Å². The Balaban J connectivity index is 2.72. The van der Waals surface area contributed by atoms with E-state index in [2.05, 4.69) is 0 Å². The summed E-state index contributed by atoms with van der Waals surface area (Å²) in [4.78, 5) is 21.6. The maximum absolute atomic E-state index is 12.7. The SMILES string of the molecule is CC(=O)OC(/C=C/c1ccc(F)cc1)OC(C)=O. The van der Waals surface area contributed by atoms with E-state index in [-0.39, 0.29) is 5.82 Å². The minimum absolute atomic E-state index is 0.344. The predicted molar refractivity (Wildman–Crippen MR) is 62.8 cm³/mol. The third-order valence-electron chi connectivity index (χ3n) is 1.88. The molecule has 5 heteroatoms. The van der Waals surface area contributed by atoms with Crippen LogP contribution in [0.15, 0.2) is 30.3 Å². The van der Waals surface area contributed by atoms with Crippen LogP contribution in [-0.2, 0) is 19.1 Å². The van der Waals surface area contributed by atoms with E-state index in [0.29, 0.717) is 5.56 Å². The van der Waals surface area contributed by atoms with Crippen LogP contribution in [0, 0.1) is 5.82 Å². The first-order valence-electron chi connectivity index (χ1n) is 5.25.